The average molecular weight is 261 g/mol. The van der Waals surface area contributed by atoms with Gasteiger partial charge in [-0.25, -0.2) is 0 Å². The number of hydrogen-bond donors (Lipinski definition) is 1. The SMILES string of the molecule is CNC1CCCCC1CN(C)CCc1ccccn1. The van der Waals surface area contributed by atoms with Crippen molar-refractivity contribution in [2.75, 3.05) is 27.2 Å². The number of nitrogens with one attached hydrogen (secondary N) is 1. The molecule has 2 atom stereocenters. The van der Waals surface area contributed by atoms with E-state index in [-0.39, 0.29) is 0 Å². The fourth-order valence-corrected chi connectivity index (χ4v) is 3.15. The van der Waals surface area contributed by atoms with Gasteiger partial charge in [0.25, 0.3) is 0 Å². The molecule has 1 aliphatic carbocycles. The Bertz CT molecular complexity index is 352. The van der Waals surface area contributed by atoms with E-state index in [1.165, 1.54) is 37.9 Å². The highest BCUT2D eigenvalue weighted by Gasteiger charge is 2.24. The van der Waals surface area contributed by atoms with Crippen molar-refractivity contribution in [2.24, 2.45) is 5.92 Å². The molecule has 3 nitrogen and oxygen atoms in total. The lowest BCUT2D eigenvalue weighted by atomic mass is 9.84. The highest BCUT2D eigenvalue weighted by molar-refractivity contribution is 5.03. The van der Waals surface area contributed by atoms with Crippen LogP contribution >= 0.6 is 0 Å². The lowest BCUT2D eigenvalue weighted by Gasteiger charge is -2.34. The van der Waals surface area contributed by atoms with E-state index in [1.807, 2.05) is 12.3 Å². The summed E-state index contributed by atoms with van der Waals surface area (Å²) in [6.07, 6.45) is 8.44. The third kappa shape index (κ3) is 4.59. The van der Waals surface area contributed by atoms with Crippen LogP contribution in [0.3, 0.4) is 0 Å². The second kappa shape index (κ2) is 7.61. The average Bonchev–Trinajstić information content (AvgIpc) is 2.47. The lowest BCUT2D eigenvalue weighted by Crippen LogP contribution is -2.42. The van der Waals surface area contributed by atoms with E-state index in [0.717, 1.165) is 18.9 Å². The number of rotatable bonds is 6. The minimum Gasteiger partial charge on any atom is -0.317 e. The molecule has 0 aliphatic heterocycles. The fraction of sp³-hybridized carbons (Fsp3) is 0.688. The monoisotopic (exact) mass is 261 g/mol. The summed E-state index contributed by atoms with van der Waals surface area (Å²) >= 11 is 0. The normalized spacial score (nSPS) is 23.7. The molecule has 106 valence electrons. The van der Waals surface area contributed by atoms with E-state index in [2.05, 4.69) is 41.4 Å². The van der Waals surface area contributed by atoms with Gasteiger partial charge in [-0.2, -0.15) is 0 Å². The highest BCUT2D eigenvalue weighted by atomic mass is 15.1. The minimum absolute atomic E-state index is 0.714. The molecule has 0 saturated heterocycles. The van der Waals surface area contributed by atoms with Crippen molar-refractivity contribution in [1.82, 2.24) is 15.2 Å². The van der Waals surface area contributed by atoms with Gasteiger partial charge in [-0.15, -0.1) is 0 Å². The summed E-state index contributed by atoms with van der Waals surface area (Å²) in [6, 6.07) is 6.88. The zero-order valence-electron chi connectivity index (χ0n) is 12.3. The topological polar surface area (TPSA) is 28.2 Å². The van der Waals surface area contributed by atoms with Gasteiger partial charge in [-0.3, -0.25) is 4.98 Å². The van der Waals surface area contributed by atoms with Crippen LogP contribution in [0.5, 0.6) is 0 Å². The molecule has 0 bridgehead atoms. The van der Waals surface area contributed by atoms with Crippen molar-refractivity contribution in [3.63, 3.8) is 0 Å². The second-order valence-corrected chi connectivity index (χ2v) is 5.77. The van der Waals surface area contributed by atoms with Crippen molar-refractivity contribution in [1.29, 1.82) is 0 Å². The zero-order valence-corrected chi connectivity index (χ0v) is 12.3. The molecule has 0 radical (unpaired) electrons. The van der Waals surface area contributed by atoms with Crippen molar-refractivity contribution in [3.05, 3.63) is 30.1 Å². The predicted molar refractivity (Wildman–Crippen MR) is 80.2 cm³/mol. The quantitative estimate of drug-likeness (QED) is 0.852. The number of nitrogens with zero attached hydrogens (tertiary/aromatic N) is 2. The first-order valence-electron chi connectivity index (χ1n) is 7.55. The number of hydrogen-bond acceptors (Lipinski definition) is 3. The van der Waals surface area contributed by atoms with Crippen LogP contribution in [-0.2, 0) is 6.42 Å². The fourth-order valence-electron chi connectivity index (χ4n) is 3.15. The van der Waals surface area contributed by atoms with Crippen molar-refractivity contribution in [2.45, 2.75) is 38.1 Å². The van der Waals surface area contributed by atoms with E-state index >= 15 is 0 Å². The van der Waals surface area contributed by atoms with Gasteiger partial charge in [0, 0.05) is 37.4 Å². The smallest absolute Gasteiger partial charge is 0.0416 e. The van der Waals surface area contributed by atoms with E-state index < -0.39 is 0 Å². The van der Waals surface area contributed by atoms with Crippen LogP contribution < -0.4 is 5.32 Å². The Morgan fingerprint density at radius 2 is 2.16 bits per heavy atom. The van der Waals surface area contributed by atoms with E-state index in [0.29, 0.717) is 6.04 Å². The third-order valence-electron chi connectivity index (χ3n) is 4.30. The molecule has 1 aliphatic rings. The van der Waals surface area contributed by atoms with Gasteiger partial charge in [0.1, 0.15) is 0 Å². The highest BCUT2D eigenvalue weighted by Crippen LogP contribution is 2.24. The first kappa shape index (κ1) is 14.5. The summed E-state index contributed by atoms with van der Waals surface area (Å²) in [4.78, 5) is 6.86. The molecule has 1 aromatic rings. The molecule has 1 saturated carbocycles. The van der Waals surface area contributed by atoms with Gasteiger partial charge in [0.15, 0.2) is 0 Å². The van der Waals surface area contributed by atoms with Gasteiger partial charge in [0.2, 0.25) is 0 Å². The molecule has 1 heterocycles. The van der Waals surface area contributed by atoms with Gasteiger partial charge >= 0.3 is 0 Å². The molecule has 2 rings (SSSR count). The molecule has 19 heavy (non-hydrogen) atoms. The zero-order chi connectivity index (χ0) is 13.5. The number of aromatic nitrogens is 1. The second-order valence-electron chi connectivity index (χ2n) is 5.77. The van der Waals surface area contributed by atoms with E-state index in [9.17, 15) is 0 Å². The Kier molecular flexibility index (Phi) is 5.80. The molecule has 3 heteroatoms. The number of likely N-dealkylation sites (N-methyl/N-ethyl adjacent to an activating group) is 1. The van der Waals surface area contributed by atoms with Crippen LogP contribution in [0.4, 0.5) is 0 Å². The van der Waals surface area contributed by atoms with Crippen LogP contribution in [0.15, 0.2) is 24.4 Å². The maximum absolute atomic E-state index is 4.39. The first-order valence-corrected chi connectivity index (χ1v) is 7.55. The standard InChI is InChI=1S/C16H27N3/c1-17-16-9-4-3-7-14(16)13-19(2)12-10-15-8-5-6-11-18-15/h5-6,8,11,14,16-17H,3-4,7,9-10,12-13H2,1-2H3. The molecule has 0 spiro atoms. The maximum atomic E-state index is 4.39. The van der Waals surface area contributed by atoms with Gasteiger partial charge < -0.3 is 10.2 Å². The van der Waals surface area contributed by atoms with Crippen molar-refractivity contribution >= 4 is 0 Å². The molecule has 1 aromatic heterocycles. The molecular weight excluding hydrogens is 234 g/mol. The third-order valence-corrected chi connectivity index (χ3v) is 4.30. The van der Waals surface area contributed by atoms with Crippen LogP contribution in [0.2, 0.25) is 0 Å². The van der Waals surface area contributed by atoms with E-state index in [1.54, 1.807) is 0 Å². The maximum Gasteiger partial charge on any atom is 0.0416 e. The van der Waals surface area contributed by atoms with Gasteiger partial charge in [-0.1, -0.05) is 18.9 Å². The van der Waals surface area contributed by atoms with Crippen molar-refractivity contribution in [3.8, 4) is 0 Å². The van der Waals surface area contributed by atoms with Crippen LogP contribution in [0, 0.1) is 5.92 Å². The Hall–Kier alpha value is -0.930. The summed E-state index contributed by atoms with van der Waals surface area (Å²) in [5.74, 6) is 0.812. The van der Waals surface area contributed by atoms with Crippen LogP contribution in [0.25, 0.3) is 0 Å². The van der Waals surface area contributed by atoms with Gasteiger partial charge in [0.05, 0.1) is 0 Å². The van der Waals surface area contributed by atoms with Gasteiger partial charge in [-0.05, 0) is 45.0 Å². The summed E-state index contributed by atoms with van der Waals surface area (Å²) < 4.78 is 0. The van der Waals surface area contributed by atoms with Crippen LogP contribution in [0.1, 0.15) is 31.4 Å². The Balaban J connectivity index is 1.75. The van der Waals surface area contributed by atoms with Crippen molar-refractivity contribution < 1.29 is 0 Å². The van der Waals surface area contributed by atoms with E-state index in [4.69, 9.17) is 0 Å². The summed E-state index contributed by atoms with van der Waals surface area (Å²) in [6.45, 7) is 2.31. The molecule has 0 amide bonds. The summed E-state index contributed by atoms with van der Waals surface area (Å²) in [5, 5.41) is 3.49. The Morgan fingerprint density at radius 1 is 1.32 bits per heavy atom. The molecule has 2 unspecified atom stereocenters. The molecule has 0 aromatic carbocycles. The largest absolute Gasteiger partial charge is 0.317 e. The summed E-state index contributed by atoms with van der Waals surface area (Å²) in [7, 11) is 4.35. The Labute approximate surface area is 117 Å². The Morgan fingerprint density at radius 3 is 2.89 bits per heavy atom. The molecule has 1 fully saturated rings. The summed E-state index contributed by atoms with van der Waals surface area (Å²) in [5.41, 5.74) is 1.20. The van der Waals surface area contributed by atoms with Crippen LogP contribution in [-0.4, -0.2) is 43.1 Å². The molecular formula is C16H27N3. The minimum atomic E-state index is 0.714. The number of pyridine rings is 1. The molecule has 1 N–H and O–H groups in total. The predicted octanol–water partition coefficient (Wildman–Crippen LogP) is 2.33. The first-order chi connectivity index (χ1) is 9.29. The lowest BCUT2D eigenvalue weighted by molar-refractivity contribution is 0.195.